The number of hydrogen-bond acceptors (Lipinski definition) is 4. The average Bonchev–Trinajstić information content (AvgIpc) is 2.88. The number of pyridine rings is 1. The van der Waals surface area contributed by atoms with Gasteiger partial charge in [-0.05, 0) is 26.5 Å². The van der Waals surface area contributed by atoms with Crippen LogP contribution in [0.25, 0.3) is 10.9 Å². The van der Waals surface area contributed by atoms with Crippen molar-refractivity contribution < 1.29 is 14.3 Å². The zero-order chi connectivity index (χ0) is 17.9. The van der Waals surface area contributed by atoms with Gasteiger partial charge in [-0.15, -0.1) is 12.4 Å². The van der Waals surface area contributed by atoms with Crippen LogP contribution in [0.4, 0.5) is 10.1 Å². The SMILES string of the molecule is C[C@H]1Cc2c(N3CCN(C)CC3)c(F)cc3c(=O)c(C(=O)O)cn1c23.Cl. The van der Waals surface area contributed by atoms with Crippen LogP contribution in [0.1, 0.15) is 28.9 Å². The second-order valence-electron chi connectivity index (χ2n) is 7.01. The highest BCUT2D eigenvalue weighted by Gasteiger charge is 2.31. The van der Waals surface area contributed by atoms with Gasteiger partial charge in [-0.25, -0.2) is 9.18 Å². The lowest BCUT2D eigenvalue weighted by atomic mass is 10.0. The summed E-state index contributed by atoms with van der Waals surface area (Å²) >= 11 is 0. The number of carboxylic acid groups (broad SMARTS) is 1. The molecule has 0 bridgehead atoms. The van der Waals surface area contributed by atoms with Crippen LogP contribution in [0.3, 0.4) is 0 Å². The van der Waals surface area contributed by atoms with E-state index in [1.54, 1.807) is 0 Å². The monoisotopic (exact) mass is 381 g/mol. The molecular weight excluding hydrogens is 361 g/mol. The molecule has 0 spiro atoms. The second kappa shape index (κ2) is 6.55. The van der Waals surface area contributed by atoms with Gasteiger partial charge in [-0.1, -0.05) is 0 Å². The molecule has 140 valence electrons. The Morgan fingerprint density at radius 1 is 1.27 bits per heavy atom. The molecule has 1 aromatic heterocycles. The molecule has 0 unspecified atom stereocenters. The number of piperazine rings is 1. The number of aromatic nitrogens is 1. The highest BCUT2D eigenvalue weighted by Crippen LogP contribution is 2.39. The zero-order valence-corrected chi connectivity index (χ0v) is 15.5. The Labute approximate surface area is 156 Å². The Hall–Kier alpha value is -2.12. The Kier molecular flexibility index (Phi) is 4.71. The van der Waals surface area contributed by atoms with E-state index in [1.165, 1.54) is 12.3 Å². The molecule has 0 saturated carbocycles. The summed E-state index contributed by atoms with van der Waals surface area (Å²) in [6, 6.07) is 1.21. The molecule has 1 aromatic carbocycles. The number of anilines is 1. The van der Waals surface area contributed by atoms with Crippen molar-refractivity contribution in [1.29, 1.82) is 0 Å². The van der Waals surface area contributed by atoms with E-state index in [0.29, 0.717) is 17.6 Å². The van der Waals surface area contributed by atoms with Crippen molar-refractivity contribution in [1.82, 2.24) is 9.47 Å². The fourth-order valence-corrected chi connectivity index (χ4v) is 4.02. The van der Waals surface area contributed by atoms with Gasteiger partial charge in [0.2, 0.25) is 5.43 Å². The highest BCUT2D eigenvalue weighted by molar-refractivity contribution is 5.96. The number of benzene rings is 1. The van der Waals surface area contributed by atoms with Crippen LogP contribution in [0.5, 0.6) is 0 Å². The van der Waals surface area contributed by atoms with E-state index in [4.69, 9.17) is 0 Å². The number of halogens is 2. The van der Waals surface area contributed by atoms with Crippen molar-refractivity contribution in [3.63, 3.8) is 0 Å². The Bertz CT molecular complexity index is 951. The van der Waals surface area contributed by atoms with Gasteiger partial charge in [0.05, 0.1) is 11.2 Å². The molecule has 3 heterocycles. The molecule has 4 rings (SSSR count). The van der Waals surface area contributed by atoms with Crippen LogP contribution in [0.15, 0.2) is 17.1 Å². The summed E-state index contributed by atoms with van der Waals surface area (Å²) in [5.74, 6) is -1.72. The van der Waals surface area contributed by atoms with Gasteiger partial charge in [0, 0.05) is 49.4 Å². The first-order valence-corrected chi connectivity index (χ1v) is 8.45. The minimum atomic E-state index is -1.28. The second-order valence-corrected chi connectivity index (χ2v) is 7.01. The molecule has 8 heteroatoms. The van der Waals surface area contributed by atoms with E-state index in [9.17, 15) is 19.1 Å². The Morgan fingerprint density at radius 3 is 2.54 bits per heavy atom. The van der Waals surface area contributed by atoms with Crippen molar-refractivity contribution >= 4 is 35.0 Å². The number of nitrogens with zero attached hydrogens (tertiary/aromatic N) is 3. The lowest BCUT2D eigenvalue weighted by Gasteiger charge is -2.35. The number of hydrogen-bond donors (Lipinski definition) is 1. The molecule has 1 saturated heterocycles. The first-order valence-electron chi connectivity index (χ1n) is 8.45. The first kappa shape index (κ1) is 18.7. The summed E-state index contributed by atoms with van der Waals surface area (Å²) < 4.78 is 16.8. The predicted octanol–water partition coefficient (Wildman–Crippen LogP) is 2.13. The third-order valence-electron chi connectivity index (χ3n) is 5.36. The minimum absolute atomic E-state index is 0. The topological polar surface area (TPSA) is 65.8 Å². The van der Waals surface area contributed by atoms with E-state index >= 15 is 0 Å². The highest BCUT2D eigenvalue weighted by atomic mass is 35.5. The van der Waals surface area contributed by atoms with Crippen molar-refractivity contribution in [2.24, 2.45) is 0 Å². The summed E-state index contributed by atoms with van der Waals surface area (Å²) in [5.41, 5.74) is 1.15. The standard InChI is InChI=1S/C18H20FN3O3.ClH/c1-10-7-11-15-12(17(23)13(18(24)25)9-22(10)15)8-14(19)16(11)21-5-3-20(2)4-6-21;/h8-10H,3-7H2,1-2H3,(H,24,25);1H/t10-;/m0./s1. The summed E-state index contributed by atoms with van der Waals surface area (Å²) in [5, 5.41) is 9.44. The number of carbonyl (C=O) groups is 1. The van der Waals surface area contributed by atoms with E-state index in [2.05, 4.69) is 4.90 Å². The molecule has 2 aliphatic rings. The molecule has 1 N–H and O–H groups in total. The summed E-state index contributed by atoms with van der Waals surface area (Å²) in [6.45, 7) is 5.14. The molecule has 26 heavy (non-hydrogen) atoms. The van der Waals surface area contributed by atoms with Gasteiger partial charge >= 0.3 is 5.97 Å². The van der Waals surface area contributed by atoms with Crippen LogP contribution >= 0.6 is 12.4 Å². The van der Waals surface area contributed by atoms with Crippen LogP contribution in [-0.2, 0) is 6.42 Å². The molecule has 0 radical (unpaired) electrons. The van der Waals surface area contributed by atoms with Gasteiger partial charge in [0.1, 0.15) is 11.4 Å². The number of carboxylic acids is 1. The molecule has 2 aromatic rings. The summed E-state index contributed by atoms with van der Waals surface area (Å²) in [7, 11) is 2.04. The van der Waals surface area contributed by atoms with Crippen molar-refractivity contribution in [2.75, 3.05) is 38.1 Å². The third kappa shape index (κ3) is 2.66. The number of aromatic carboxylic acids is 1. The summed E-state index contributed by atoms with van der Waals surface area (Å²) in [4.78, 5) is 28.1. The van der Waals surface area contributed by atoms with Gasteiger partial charge < -0.3 is 19.5 Å². The zero-order valence-electron chi connectivity index (χ0n) is 14.7. The quantitative estimate of drug-likeness (QED) is 0.863. The molecule has 0 amide bonds. The molecule has 1 atom stereocenters. The Balaban J connectivity index is 0.00000196. The Morgan fingerprint density at radius 2 is 1.92 bits per heavy atom. The van der Waals surface area contributed by atoms with Gasteiger partial charge in [0.15, 0.2) is 0 Å². The van der Waals surface area contributed by atoms with Gasteiger partial charge in [0.25, 0.3) is 0 Å². The molecule has 6 nitrogen and oxygen atoms in total. The van der Waals surface area contributed by atoms with Crippen LogP contribution < -0.4 is 10.3 Å². The fourth-order valence-electron chi connectivity index (χ4n) is 4.02. The van der Waals surface area contributed by atoms with E-state index < -0.39 is 17.2 Å². The van der Waals surface area contributed by atoms with Crippen molar-refractivity contribution in [2.45, 2.75) is 19.4 Å². The molecule has 0 aliphatic carbocycles. The average molecular weight is 382 g/mol. The smallest absolute Gasteiger partial charge is 0.341 e. The molecular formula is C18H21ClFN3O3. The van der Waals surface area contributed by atoms with Gasteiger partial charge in [-0.2, -0.15) is 0 Å². The maximum Gasteiger partial charge on any atom is 0.341 e. The maximum atomic E-state index is 15.0. The van der Waals surface area contributed by atoms with Crippen LogP contribution in [0, 0.1) is 5.82 Å². The van der Waals surface area contributed by atoms with Crippen molar-refractivity contribution in [3.05, 3.63) is 39.4 Å². The van der Waals surface area contributed by atoms with Crippen LogP contribution in [0.2, 0.25) is 0 Å². The van der Waals surface area contributed by atoms with E-state index in [1.807, 2.05) is 23.4 Å². The first-order chi connectivity index (χ1) is 11.9. The fraction of sp³-hybridized carbons (Fsp3) is 0.444. The normalized spacial score (nSPS) is 19.7. The largest absolute Gasteiger partial charge is 0.477 e. The number of likely N-dealkylation sites (N-methyl/N-ethyl adjacent to an activating group) is 1. The van der Waals surface area contributed by atoms with Gasteiger partial charge in [-0.3, -0.25) is 4.79 Å². The lowest BCUT2D eigenvalue weighted by Crippen LogP contribution is -2.45. The van der Waals surface area contributed by atoms with E-state index in [0.717, 1.165) is 31.7 Å². The lowest BCUT2D eigenvalue weighted by molar-refractivity contribution is 0.0694. The number of rotatable bonds is 2. The maximum absolute atomic E-state index is 15.0. The minimum Gasteiger partial charge on any atom is -0.477 e. The van der Waals surface area contributed by atoms with Crippen LogP contribution in [-0.4, -0.2) is 53.8 Å². The molecule has 1 fully saturated rings. The summed E-state index contributed by atoms with van der Waals surface area (Å²) in [6.07, 6.45) is 2.00. The van der Waals surface area contributed by atoms with Crippen molar-refractivity contribution in [3.8, 4) is 0 Å². The predicted molar refractivity (Wildman–Crippen MR) is 100 cm³/mol. The van der Waals surface area contributed by atoms with E-state index in [-0.39, 0.29) is 29.4 Å². The molecule has 2 aliphatic heterocycles. The third-order valence-corrected chi connectivity index (χ3v) is 5.36.